The highest BCUT2D eigenvalue weighted by atomic mass is 79.9. The maximum Gasteiger partial charge on any atom is 0.133 e. The molecule has 0 saturated heterocycles. The van der Waals surface area contributed by atoms with Gasteiger partial charge < -0.3 is 10.1 Å². The van der Waals surface area contributed by atoms with E-state index in [9.17, 15) is 0 Å². The van der Waals surface area contributed by atoms with Gasteiger partial charge >= 0.3 is 0 Å². The smallest absolute Gasteiger partial charge is 0.133 e. The molecule has 0 aromatic heterocycles. The molecule has 0 bridgehead atoms. The van der Waals surface area contributed by atoms with Gasteiger partial charge in [-0.1, -0.05) is 26.3 Å². The van der Waals surface area contributed by atoms with E-state index in [1.807, 2.05) is 6.07 Å². The Morgan fingerprint density at radius 3 is 2.53 bits per heavy atom. The highest BCUT2D eigenvalue weighted by Gasteiger charge is 2.10. The molecule has 1 aromatic rings. The molecular formula is C16H26BrNO. The number of benzene rings is 1. The Kier molecular flexibility index (Phi) is 6.34. The Morgan fingerprint density at radius 2 is 2.00 bits per heavy atom. The van der Waals surface area contributed by atoms with Crippen LogP contribution in [0.4, 0.5) is 0 Å². The zero-order valence-corrected chi connectivity index (χ0v) is 14.3. The van der Waals surface area contributed by atoms with Crippen LogP contribution in [0, 0.1) is 5.92 Å². The van der Waals surface area contributed by atoms with E-state index in [1.54, 1.807) is 0 Å². The molecule has 0 aliphatic carbocycles. The predicted octanol–water partition coefficient (Wildman–Crippen LogP) is 4.76. The van der Waals surface area contributed by atoms with E-state index in [0.717, 1.165) is 29.8 Å². The van der Waals surface area contributed by atoms with Crippen molar-refractivity contribution in [1.29, 1.82) is 0 Å². The van der Waals surface area contributed by atoms with E-state index in [1.165, 1.54) is 5.56 Å². The van der Waals surface area contributed by atoms with Gasteiger partial charge in [0.2, 0.25) is 0 Å². The summed E-state index contributed by atoms with van der Waals surface area (Å²) in [6.45, 7) is 12.5. The average molecular weight is 328 g/mol. The summed E-state index contributed by atoms with van der Waals surface area (Å²) in [5, 5.41) is 3.48. The number of rotatable bonds is 6. The lowest BCUT2D eigenvalue weighted by Gasteiger charge is -2.21. The van der Waals surface area contributed by atoms with Gasteiger partial charge in [0, 0.05) is 12.1 Å². The zero-order valence-electron chi connectivity index (χ0n) is 12.7. The fraction of sp³-hybridized carbons (Fsp3) is 0.625. The van der Waals surface area contributed by atoms with Crippen molar-refractivity contribution in [2.75, 3.05) is 6.61 Å². The van der Waals surface area contributed by atoms with E-state index in [4.69, 9.17) is 4.74 Å². The van der Waals surface area contributed by atoms with Crippen molar-refractivity contribution in [3.8, 4) is 5.75 Å². The summed E-state index contributed by atoms with van der Waals surface area (Å²) in [5.74, 6) is 1.52. The first-order valence-corrected chi connectivity index (χ1v) is 7.77. The van der Waals surface area contributed by atoms with Gasteiger partial charge in [-0.2, -0.15) is 0 Å². The minimum atomic E-state index is 0.137. The number of nitrogens with one attached hydrogen (secondary N) is 1. The van der Waals surface area contributed by atoms with Crippen molar-refractivity contribution >= 4 is 15.9 Å². The molecule has 0 radical (unpaired) electrons. The number of ether oxygens (including phenoxy) is 1. The Balaban J connectivity index is 2.59. The van der Waals surface area contributed by atoms with E-state index < -0.39 is 0 Å². The molecule has 1 N–H and O–H groups in total. The highest BCUT2D eigenvalue weighted by Crippen LogP contribution is 2.26. The van der Waals surface area contributed by atoms with Crippen LogP contribution >= 0.6 is 15.9 Å². The second-order valence-electron chi connectivity index (χ2n) is 6.19. The van der Waals surface area contributed by atoms with Crippen LogP contribution in [0.2, 0.25) is 0 Å². The van der Waals surface area contributed by atoms with Crippen LogP contribution in [-0.4, -0.2) is 12.1 Å². The van der Waals surface area contributed by atoms with E-state index >= 15 is 0 Å². The van der Waals surface area contributed by atoms with Crippen LogP contribution in [0.1, 0.15) is 46.6 Å². The van der Waals surface area contributed by atoms with Crippen LogP contribution in [0.5, 0.6) is 5.75 Å². The number of hydrogen-bond acceptors (Lipinski definition) is 2. The lowest BCUT2D eigenvalue weighted by molar-refractivity contribution is 0.255. The van der Waals surface area contributed by atoms with Crippen LogP contribution in [0.15, 0.2) is 22.7 Å². The number of halogens is 1. The quantitative estimate of drug-likeness (QED) is 0.813. The Bertz CT molecular complexity index is 398. The average Bonchev–Trinajstić information content (AvgIpc) is 2.34. The van der Waals surface area contributed by atoms with Gasteiger partial charge in [0.25, 0.3) is 0 Å². The fourth-order valence-electron chi connectivity index (χ4n) is 1.49. The molecule has 1 unspecified atom stereocenters. The van der Waals surface area contributed by atoms with Gasteiger partial charge in [-0.25, -0.2) is 0 Å². The summed E-state index contributed by atoms with van der Waals surface area (Å²) in [7, 11) is 0. The minimum absolute atomic E-state index is 0.137. The van der Waals surface area contributed by atoms with Gasteiger partial charge in [-0.15, -0.1) is 0 Å². The second kappa shape index (κ2) is 7.30. The molecule has 0 heterocycles. The van der Waals surface area contributed by atoms with Crippen LogP contribution in [-0.2, 0) is 6.54 Å². The van der Waals surface area contributed by atoms with Crippen LogP contribution in [0.3, 0.4) is 0 Å². The molecule has 1 aromatic carbocycles. The molecule has 1 atom stereocenters. The predicted molar refractivity (Wildman–Crippen MR) is 85.7 cm³/mol. The first-order valence-electron chi connectivity index (χ1n) is 6.98. The molecule has 0 aliphatic rings. The monoisotopic (exact) mass is 327 g/mol. The molecule has 19 heavy (non-hydrogen) atoms. The molecule has 2 nitrogen and oxygen atoms in total. The SMILES string of the molecule is CCC(C)COc1ccc(CNC(C)(C)C)cc1Br. The third kappa shape index (κ3) is 6.44. The molecule has 0 amide bonds. The molecule has 0 saturated carbocycles. The maximum absolute atomic E-state index is 5.82. The number of hydrogen-bond donors (Lipinski definition) is 1. The van der Waals surface area contributed by atoms with Crippen molar-refractivity contribution in [1.82, 2.24) is 5.32 Å². The third-order valence-electron chi connectivity index (χ3n) is 3.04. The van der Waals surface area contributed by atoms with Crippen molar-refractivity contribution < 1.29 is 4.74 Å². The summed E-state index contributed by atoms with van der Waals surface area (Å²) < 4.78 is 6.85. The van der Waals surface area contributed by atoms with Crippen LogP contribution in [0.25, 0.3) is 0 Å². The van der Waals surface area contributed by atoms with Crippen molar-refractivity contribution in [2.45, 2.75) is 53.1 Å². The molecule has 1 rings (SSSR count). The lowest BCUT2D eigenvalue weighted by atomic mass is 10.1. The van der Waals surface area contributed by atoms with Crippen molar-refractivity contribution in [2.24, 2.45) is 5.92 Å². The van der Waals surface area contributed by atoms with Gasteiger partial charge in [0.1, 0.15) is 5.75 Å². The summed E-state index contributed by atoms with van der Waals surface area (Å²) in [5.41, 5.74) is 1.40. The Hall–Kier alpha value is -0.540. The van der Waals surface area contributed by atoms with E-state index in [0.29, 0.717) is 5.92 Å². The first kappa shape index (κ1) is 16.5. The largest absolute Gasteiger partial charge is 0.492 e. The summed E-state index contributed by atoms with van der Waals surface area (Å²) in [4.78, 5) is 0. The molecule has 0 fully saturated rings. The zero-order chi connectivity index (χ0) is 14.5. The summed E-state index contributed by atoms with van der Waals surface area (Å²) >= 11 is 3.59. The Morgan fingerprint density at radius 1 is 1.32 bits per heavy atom. The highest BCUT2D eigenvalue weighted by molar-refractivity contribution is 9.10. The third-order valence-corrected chi connectivity index (χ3v) is 3.66. The molecule has 0 spiro atoms. The van der Waals surface area contributed by atoms with E-state index in [2.05, 4.69) is 68.0 Å². The molecule has 3 heteroatoms. The van der Waals surface area contributed by atoms with E-state index in [-0.39, 0.29) is 5.54 Å². The second-order valence-corrected chi connectivity index (χ2v) is 7.05. The molecule has 108 valence electrons. The van der Waals surface area contributed by atoms with Crippen molar-refractivity contribution in [3.05, 3.63) is 28.2 Å². The van der Waals surface area contributed by atoms with Gasteiger partial charge in [-0.05, 0) is 60.3 Å². The standard InChI is InChI=1S/C16H26BrNO/c1-6-12(2)11-19-15-8-7-13(9-14(15)17)10-18-16(3,4)5/h7-9,12,18H,6,10-11H2,1-5H3. The van der Waals surface area contributed by atoms with Gasteiger partial charge in [0.05, 0.1) is 11.1 Å². The minimum Gasteiger partial charge on any atom is -0.492 e. The lowest BCUT2D eigenvalue weighted by Crippen LogP contribution is -2.35. The van der Waals surface area contributed by atoms with Crippen LogP contribution < -0.4 is 10.1 Å². The molecular weight excluding hydrogens is 302 g/mol. The van der Waals surface area contributed by atoms with Gasteiger partial charge in [0.15, 0.2) is 0 Å². The fourth-order valence-corrected chi connectivity index (χ4v) is 2.03. The Labute approximate surface area is 126 Å². The maximum atomic E-state index is 5.82. The normalized spacial score (nSPS) is 13.4. The topological polar surface area (TPSA) is 21.3 Å². The van der Waals surface area contributed by atoms with Crippen molar-refractivity contribution in [3.63, 3.8) is 0 Å². The first-order chi connectivity index (χ1) is 8.81. The summed E-state index contributed by atoms with van der Waals surface area (Å²) in [6.07, 6.45) is 1.14. The molecule has 0 aliphatic heterocycles. The summed E-state index contributed by atoms with van der Waals surface area (Å²) in [6, 6.07) is 6.30. The van der Waals surface area contributed by atoms with Gasteiger partial charge in [-0.3, -0.25) is 0 Å².